The third-order valence-electron chi connectivity index (χ3n) is 3.57. The summed E-state index contributed by atoms with van der Waals surface area (Å²) in [6.07, 6.45) is 2.27. The molecule has 5 nitrogen and oxygen atoms in total. The molecule has 1 aliphatic rings. The predicted octanol–water partition coefficient (Wildman–Crippen LogP) is 3.56. The zero-order valence-electron chi connectivity index (χ0n) is 12.3. The zero-order valence-corrected chi connectivity index (χ0v) is 12.3. The van der Waals surface area contributed by atoms with Gasteiger partial charge in [0.1, 0.15) is 17.4 Å². The van der Waals surface area contributed by atoms with Crippen molar-refractivity contribution in [1.82, 2.24) is 9.97 Å². The van der Waals surface area contributed by atoms with Crippen molar-refractivity contribution < 1.29 is 4.74 Å². The van der Waals surface area contributed by atoms with Gasteiger partial charge in [-0.25, -0.2) is 10.8 Å². The van der Waals surface area contributed by atoms with E-state index in [2.05, 4.69) is 35.3 Å². The van der Waals surface area contributed by atoms with Crippen LogP contribution in [-0.4, -0.2) is 9.97 Å². The number of nitrogen functional groups attached to an aromatic ring is 1. The molecule has 0 aliphatic heterocycles. The first kappa shape index (κ1) is 13.8. The second kappa shape index (κ2) is 5.69. The molecule has 110 valence electrons. The molecule has 0 radical (unpaired) electrons. The molecule has 2 aromatic rings. The van der Waals surface area contributed by atoms with Gasteiger partial charge in [-0.3, -0.25) is 0 Å². The van der Waals surface area contributed by atoms with Crippen LogP contribution in [-0.2, 0) is 0 Å². The third kappa shape index (κ3) is 3.13. The van der Waals surface area contributed by atoms with E-state index in [1.807, 2.05) is 18.2 Å². The molecule has 1 aromatic carbocycles. The number of aromatic nitrogens is 2. The summed E-state index contributed by atoms with van der Waals surface area (Å²) in [5.74, 6) is 9.08. The first-order valence-electron chi connectivity index (χ1n) is 7.29. The summed E-state index contributed by atoms with van der Waals surface area (Å²) in [5, 5.41) is 0. The van der Waals surface area contributed by atoms with Crippen molar-refractivity contribution in [2.75, 3.05) is 5.43 Å². The van der Waals surface area contributed by atoms with Crippen LogP contribution in [0.1, 0.15) is 49.9 Å². The second-order valence-corrected chi connectivity index (χ2v) is 5.66. The molecular formula is C16H20N4O. The molecule has 0 spiro atoms. The summed E-state index contributed by atoms with van der Waals surface area (Å²) < 4.78 is 5.99. The van der Waals surface area contributed by atoms with Crippen LogP contribution in [0, 0.1) is 0 Å². The highest BCUT2D eigenvalue weighted by molar-refractivity contribution is 5.42. The Balaban J connectivity index is 1.92. The second-order valence-electron chi connectivity index (χ2n) is 5.66. The van der Waals surface area contributed by atoms with E-state index in [4.69, 9.17) is 10.6 Å². The number of rotatable bonds is 5. The number of nitrogens with zero attached hydrogens (tertiary/aromatic N) is 2. The standard InChI is InChI=1S/C16H20N4O/c1-10(2)12-5-3-4-6-13(12)21-15-9-14(20-17)18-16(19-15)11-7-8-11/h3-6,9-11H,7-8,17H2,1-2H3,(H,18,19,20). The maximum absolute atomic E-state index is 5.99. The lowest BCUT2D eigenvalue weighted by molar-refractivity contribution is 0.450. The Morgan fingerprint density at radius 3 is 2.67 bits per heavy atom. The number of hydrogen-bond acceptors (Lipinski definition) is 5. The summed E-state index contributed by atoms with van der Waals surface area (Å²) in [6.45, 7) is 4.29. The Hall–Kier alpha value is -2.14. The van der Waals surface area contributed by atoms with Gasteiger partial charge in [0.05, 0.1) is 0 Å². The number of nitrogens with two attached hydrogens (primary N) is 1. The summed E-state index contributed by atoms with van der Waals surface area (Å²) in [4.78, 5) is 8.90. The lowest BCUT2D eigenvalue weighted by Gasteiger charge is -2.14. The average Bonchev–Trinajstić information content (AvgIpc) is 3.32. The molecule has 0 amide bonds. The van der Waals surface area contributed by atoms with E-state index >= 15 is 0 Å². The van der Waals surface area contributed by atoms with Gasteiger partial charge in [-0.1, -0.05) is 32.0 Å². The molecule has 21 heavy (non-hydrogen) atoms. The molecule has 1 fully saturated rings. The van der Waals surface area contributed by atoms with Gasteiger partial charge in [0, 0.05) is 12.0 Å². The number of benzene rings is 1. The summed E-state index contributed by atoms with van der Waals surface area (Å²) in [5.41, 5.74) is 3.74. The van der Waals surface area contributed by atoms with Gasteiger partial charge in [-0.05, 0) is 30.4 Å². The van der Waals surface area contributed by atoms with Crippen LogP contribution in [0.5, 0.6) is 11.6 Å². The lowest BCUT2D eigenvalue weighted by Crippen LogP contribution is -2.10. The highest BCUT2D eigenvalue weighted by atomic mass is 16.5. The number of hydrogen-bond donors (Lipinski definition) is 2. The van der Waals surface area contributed by atoms with Crippen molar-refractivity contribution in [2.24, 2.45) is 5.84 Å². The summed E-state index contributed by atoms with van der Waals surface area (Å²) in [6, 6.07) is 9.74. The monoisotopic (exact) mass is 284 g/mol. The smallest absolute Gasteiger partial charge is 0.224 e. The van der Waals surface area contributed by atoms with Gasteiger partial charge in [0.2, 0.25) is 5.88 Å². The van der Waals surface area contributed by atoms with Gasteiger partial charge >= 0.3 is 0 Å². The fourth-order valence-electron chi connectivity index (χ4n) is 2.26. The van der Waals surface area contributed by atoms with Crippen molar-refractivity contribution in [3.63, 3.8) is 0 Å². The van der Waals surface area contributed by atoms with Crippen LogP contribution in [0.2, 0.25) is 0 Å². The minimum Gasteiger partial charge on any atom is -0.439 e. The SMILES string of the molecule is CC(C)c1ccccc1Oc1cc(NN)nc(C2CC2)n1. The van der Waals surface area contributed by atoms with Gasteiger partial charge in [-0.2, -0.15) is 4.98 Å². The van der Waals surface area contributed by atoms with Crippen molar-refractivity contribution in [1.29, 1.82) is 0 Å². The molecule has 3 N–H and O–H groups in total. The Bertz CT molecular complexity index is 638. The normalized spacial score (nSPS) is 14.3. The Morgan fingerprint density at radius 1 is 1.24 bits per heavy atom. The van der Waals surface area contributed by atoms with Crippen LogP contribution in [0.3, 0.4) is 0 Å². The van der Waals surface area contributed by atoms with Crippen molar-refractivity contribution in [3.8, 4) is 11.6 Å². The molecule has 5 heteroatoms. The van der Waals surface area contributed by atoms with E-state index in [0.29, 0.717) is 23.5 Å². The lowest BCUT2D eigenvalue weighted by atomic mass is 10.0. The molecule has 1 heterocycles. The molecule has 1 aromatic heterocycles. The van der Waals surface area contributed by atoms with Gasteiger partial charge in [0.25, 0.3) is 0 Å². The maximum Gasteiger partial charge on any atom is 0.224 e. The molecular weight excluding hydrogens is 264 g/mol. The maximum atomic E-state index is 5.99. The number of hydrazine groups is 1. The van der Waals surface area contributed by atoms with Crippen LogP contribution in [0.15, 0.2) is 30.3 Å². The van der Waals surface area contributed by atoms with Crippen LogP contribution < -0.4 is 16.0 Å². The van der Waals surface area contributed by atoms with Crippen molar-refractivity contribution >= 4 is 5.82 Å². The molecule has 0 saturated heterocycles. The topological polar surface area (TPSA) is 73.1 Å². The number of para-hydroxylation sites is 1. The van der Waals surface area contributed by atoms with Crippen LogP contribution in [0.4, 0.5) is 5.82 Å². The van der Waals surface area contributed by atoms with Gasteiger partial charge in [0.15, 0.2) is 0 Å². The van der Waals surface area contributed by atoms with Crippen molar-refractivity contribution in [2.45, 2.75) is 38.5 Å². The Labute approximate surface area is 124 Å². The third-order valence-corrected chi connectivity index (χ3v) is 3.57. The molecule has 3 rings (SSSR count). The molecule has 0 atom stereocenters. The minimum atomic E-state index is 0.387. The van der Waals surface area contributed by atoms with E-state index in [9.17, 15) is 0 Å². The number of ether oxygens (including phenoxy) is 1. The average molecular weight is 284 g/mol. The largest absolute Gasteiger partial charge is 0.439 e. The highest BCUT2D eigenvalue weighted by Crippen LogP contribution is 2.39. The Kier molecular flexibility index (Phi) is 3.75. The highest BCUT2D eigenvalue weighted by Gasteiger charge is 2.27. The summed E-state index contributed by atoms with van der Waals surface area (Å²) >= 11 is 0. The van der Waals surface area contributed by atoms with E-state index in [1.165, 1.54) is 0 Å². The molecule has 0 bridgehead atoms. The minimum absolute atomic E-state index is 0.387. The van der Waals surface area contributed by atoms with E-state index in [0.717, 1.165) is 30.0 Å². The molecule has 1 saturated carbocycles. The van der Waals surface area contributed by atoms with Gasteiger partial charge in [-0.15, -0.1) is 0 Å². The fourth-order valence-corrected chi connectivity index (χ4v) is 2.26. The van der Waals surface area contributed by atoms with E-state index in [-0.39, 0.29) is 0 Å². The summed E-state index contributed by atoms with van der Waals surface area (Å²) in [7, 11) is 0. The van der Waals surface area contributed by atoms with Crippen LogP contribution >= 0.6 is 0 Å². The predicted molar refractivity (Wildman–Crippen MR) is 82.4 cm³/mol. The van der Waals surface area contributed by atoms with E-state index < -0.39 is 0 Å². The fraction of sp³-hybridized carbons (Fsp3) is 0.375. The number of nitrogens with one attached hydrogen (secondary N) is 1. The number of anilines is 1. The Morgan fingerprint density at radius 2 is 2.00 bits per heavy atom. The molecule has 0 unspecified atom stereocenters. The van der Waals surface area contributed by atoms with Crippen LogP contribution in [0.25, 0.3) is 0 Å². The zero-order chi connectivity index (χ0) is 14.8. The molecule has 1 aliphatic carbocycles. The van der Waals surface area contributed by atoms with Gasteiger partial charge < -0.3 is 10.2 Å². The van der Waals surface area contributed by atoms with E-state index in [1.54, 1.807) is 6.07 Å². The first-order chi connectivity index (χ1) is 10.2. The first-order valence-corrected chi connectivity index (χ1v) is 7.29. The quantitative estimate of drug-likeness (QED) is 0.649. The van der Waals surface area contributed by atoms with Crippen molar-refractivity contribution in [3.05, 3.63) is 41.7 Å².